The monoisotopic (exact) mass is 600 g/mol. The summed E-state index contributed by atoms with van der Waals surface area (Å²) < 4.78 is 12.1. The van der Waals surface area contributed by atoms with Gasteiger partial charge in [-0.3, -0.25) is 19.3 Å². The largest absolute Gasteiger partial charge is 0.494 e. The number of hydrogen-bond donors (Lipinski definition) is 1. The molecule has 7 nitrogen and oxygen atoms in total. The molecule has 0 aliphatic carbocycles. The van der Waals surface area contributed by atoms with E-state index in [4.69, 9.17) is 21.1 Å². The Morgan fingerprint density at radius 3 is 2.57 bits per heavy atom. The summed E-state index contributed by atoms with van der Waals surface area (Å²) in [6.07, 6.45) is 1.59. The maximum Gasteiger partial charge on any atom is 0.294 e. The number of benzene rings is 3. The topological polar surface area (TPSA) is 84.9 Å². The molecule has 3 aromatic rings. The van der Waals surface area contributed by atoms with Gasteiger partial charge >= 0.3 is 0 Å². The van der Waals surface area contributed by atoms with E-state index in [1.54, 1.807) is 48.5 Å². The van der Waals surface area contributed by atoms with Crippen LogP contribution in [0.1, 0.15) is 18.1 Å². The zero-order valence-electron chi connectivity index (χ0n) is 19.7. The number of carbonyl (C=O) groups excluding carboxylic acids is 3. The molecule has 0 radical (unpaired) electrons. The molecule has 1 fully saturated rings. The minimum Gasteiger partial charge on any atom is -0.494 e. The number of hydrogen-bond acceptors (Lipinski definition) is 6. The van der Waals surface area contributed by atoms with Crippen molar-refractivity contribution >= 4 is 68.1 Å². The molecule has 1 saturated heterocycles. The van der Waals surface area contributed by atoms with Gasteiger partial charge in [0, 0.05) is 26.3 Å². The summed E-state index contributed by atoms with van der Waals surface area (Å²) in [5.41, 5.74) is 1.95. The number of amides is 3. The summed E-state index contributed by atoms with van der Waals surface area (Å²) in [5.74, 6) is 0.162. The molecule has 1 heterocycles. The van der Waals surface area contributed by atoms with Crippen LogP contribution in [0.25, 0.3) is 6.08 Å². The van der Waals surface area contributed by atoms with Crippen molar-refractivity contribution < 1.29 is 23.9 Å². The summed E-state index contributed by atoms with van der Waals surface area (Å²) in [4.78, 5) is 39.2. The Hall–Kier alpha value is -3.27. The van der Waals surface area contributed by atoms with Gasteiger partial charge in [0.2, 0.25) is 5.91 Å². The molecular formula is C27H22BrClN2O5S. The predicted molar refractivity (Wildman–Crippen MR) is 149 cm³/mol. The molecular weight excluding hydrogens is 580 g/mol. The van der Waals surface area contributed by atoms with Gasteiger partial charge in [0.25, 0.3) is 11.1 Å². The highest BCUT2D eigenvalue weighted by Crippen LogP contribution is 2.35. The molecule has 10 heteroatoms. The second-order valence-electron chi connectivity index (χ2n) is 7.84. The molecule has 1 N–H and O–H groups in total. The lowest BCUT2D eigenvalue weighted by Gasteiger charge is -2.13. The first-order valence-electron chi connectivity index (χ1n) is 11.3. The number of halogens is 2. The first kappa shape index (κ1) is 26.8. The van der Waals surface area contributed by atoms with Gasteiger partial charge in [-0.15, -0.1) is 0 Å². The van der Waals surface area contributed by atoms with Crippen molar-refractivity contribution in [2.45, 2.75) is 13.5 Å². The average Bonchev–Trinajstić information content (AvgIpc) is 3.13. The summed E-state index contributed by atoms with van der Waals surface area (Å²) in [6.45, 7) is 2.25. The lowest BCUT2D eigenvalue weighted by atomic mass is 10.1. The quantitative estimate of drug-likeness (QED) is 0.273. The standard InChI is InChI=1S/C27H22BrClN2O5S/c1-2-35-21-10-8-20(9-11-21)30-25(32)15-31-26(33)24(37-27(31)34)14-18-13-19(28)7-12-23(18)36-16-17-5-3-4-6-22(17)29/h3-14H,2,15-16H2,1H3,(H,30,32)/b24-14+. The van der Waals surface area contributed by atoms with Crippen LogP contribution in [0.15, 0.2) is 76.1 Å². The van der Waals surface area contributed by atoms with E-state index in [-0.39, 0.29) is 11.5 Å². The SMILES string of the molecule is CCOc1ccc(NC(=O)CN2C(=O)S/C(=C/c3cc(Br)ccc3OCc3ccccc3Cl)C2=O)cc1. The van der Waals surface area contributed by atoms with E-state index >= 15 is 0 Å². The average molecular weight is 602 g/mol. The molecule has 0 saturated carbocycles. The van der Waals surface area contributed by atoms with Crippen molar-refractivity contribution in [2.75, 3.05) is 18.5 Å². The maximum atomic E-state index is 13.0. The Kier molecular flexibility index (Phi) is 8.91. The molecule has 0 spiro atoms. The molecule has 37 heavy (non-hydrogen) atoms. The van der Waals surface area contributed by atoms with Crippen LogP contribution in [0.5, 0.6) is 11.5 Å². The highest BCUT2D eigenvalue weighted by Gasteiger charge is 2.36. The fourth-order valence-corrected chi connectivity index (χ4v) is 4.86. The molecule has 0 aromatic heterocycles. The highest BCUT2D eigenvalue weighted by molar-refractivity contribution is 9.10. The Morgan fingerprint density at radius 1 is 1.08 bits per heavy atom. The normalized spacial score (nSPS) is 14.2. The van der Waals surface area contributed by atoms with E-state index in [1.807, 2.05) is 31.2 Å². The summed E-state index contributed by atoms with van der Waals surface area (Å²) in [6, 6.07) is 19.6. The number of thioether (sulfide) groups is 1. The van der Waals surface area contributed by atoms with Crippen LogP contribution in [0.2, 0.25) is 5.02 Å². The smallest absolute Gasteiger partial charge is 0.294 e. The first-order chi connectivity index (χ1) is 17.8. The lowest BCUT2D eigenvalue weighted by Crippen LogP contribution is -2.36. The van der Waals surface area contributed by atoms with Gasteiger partial charge in [-0.25, -0.2) is 0 Å². The van der Waals surface area contributed by atoms with Crippen LogP contribution in [0.3, 0.4) is 0 Å². The molecule has 190 valence electrons. The maximum absolute atomic E-state index is 13.0. The molecule has 1 aliphatic rings. The van der Waals surface area contributed by atoms with Crippen molar-refractivity contribution in [3.63, 3.8) is 0 Å². The van der Waals surface area contributed by atoms with E-state index in [2.05, 4.69) is 21.2 Å². The van der Waals surface area contributed by atoms with E-state index in [1.165, 1.54) is 0 Å². The Morgan fingerprint density at radius 2 is 1.84 bits per heavy atom. The molecule has 3 amide bonds. The molecule has 0 atom stereocenters. The van der Waals surface area contributed by atoms with E-state index < -0.39 is 23.6 Å². The van der Waals surface area contributed by atoms with Gasteiger partial charge < -0.3 is 14.8 Å². The number of nitrogens with one attached hydrogen (secondary N) is 1. The van der Waals surface area contributed by atoms with E-state index in [0.29, 0.717) is 34.4 Å². The number of rotatable bonds is 9. The second kappa shape index (κ2) is 12.3. The van der Waals surface area contributed by atoms with Gasteiger partial charge in [-0.2, -0.15) is 0 Å². The Labute approximate surface area is 231 Å². The van der Waals surface area contributed by atoms with Crippen LogP contribution in [0.4, 0.5) is 10.5 Å². The van der Waals surface area contributed by atoms with Gasteiger partial charge in [0.15, 0.2) is 0 Å². The Bertz CT molecular complexity index is 1360. The van der Waals surface area contributed by atoms with Crippen molar-refractivity contribution in [1.29, 1.82) is 0 Å². The lowest BCUT2D eigenvalue weighted by molar-refractivity contribution is -0.127. The molecule has 1 aliphatic heterocycles. The molecule has 4 rings (SSSR count). The first-order valence-corrected chi connectivity index (χ1v) is 13.3. The minimum atomic E-state index is -0.547. The van der Waals surface area contributed by atoms with Crippen molar-refractivity contribution in [3.05, 3.63) is 92.3 Å². The third-order valence-corrected chi connectivity index (χ3v) is 6.99. The number of imide groups is 1. The Balaban J connectivity index is 1.45. The van der Waals surface area contributed by atoms with Crippen LogP contribution < -0.4 is 14.8 Å². The van der Waals surface area contributed by atoms with Crippen LogP contribution in [-0.2, 0) is 16.2 Å². The third-order valence-electron chi connectivity index (χ3n) is 5.22. The van der Waals surface area contributed by atoms with Gasteiger partial charge in [-0.05, 0) is 73.3 Å². The minimum absolute atomic E-state index is 0.194. The number of nitrogens with zero attached hydrogens (tertiary/aromatic N) is 1. The third kappa shape index (κ3) is 6.94. The van der Waals surface area contributed by atoms with Gasteiger partial charge in [0.05, 0.1) is 11.5 Å². The van der Waals surface area contributed by atoms with Gasteiger partial charge in [-0.1, -0.05) is 45.7 Å². The predicted octanol–water partition coefficient (Wildman–Crippen LogP) is 6.76. The zero-order valence-corrected chi connectivity index (χ0v) is 22.9. The van der Waals surface area contributed by atoms with Crippen molar-refractivity contribution in [3.8, 4) is 11.5 Å². The fourth-order valence-electron chi connectivity index (χ4n) is 3.46. The number of anilines is 1. The molecule has 3 aromatic carbocycles. The van der Waals surface area contributed by atoms with Crippen molar-refractivity contribution in [2.24, 2.45) is 0 Å². The highest BCUT2D eigenvalue weighted by atomic mass is 79.9. The molecule has 0 unspecified atom stereocenters. The second-order valence-corrected chi connectivity index (χ2v) is 10.2. The summed E-state index contributed by atoms with van der Waals surface area (Å²) in [5, 5.41) is 2.76. The number of ether oxygens (including phenoxy) is 2. The van der Waals surface area contributed by atoms with Crippen LogP contribution in [0, 0.1) is 0 Å². The zero-order chi connectivity index (χ0) is 26.4. The molecule has 0 bridgehead atoms. The van der Waals surface area contributed by atoms with Gasteiger partial charge in [0.1, 0.15) is 24.7 Å². The van der Waals surface area contributed by atoms with E-state index in [9.17, 15) is 14.4 Å². The summed E-state index contributed by atoms with van der Waals surface area (Å²) >= 11 is 10.4. The fraction of sp³-hybridized carbons (Fsp3) is 0.148. The summed E-state index contributed by atoms with van der Waals surface area (Å²) in [7, 11) is 0. The van der Waals surface area contributed by atoms with Crippen molar-refractivity contribution in [1.82, 2.24) is 4.90 Å². The number of carbonyl (C=O) groups is 3. The van der Waals surface area contributed by atoms with Crippen LogP contribution >= 0.6 is 39.3 Å². The van der Waals surface area contributed by atoms with Crippen LogP contribution in [-0.4, -0.2) is 35.1 Å². The van der Waals surface area contributed by atoms with E-state index in [0.717, 1.165) is 26.7 Å².